The fraction of sp³-hybridized carbons (Fsp3) is 0.438. The summed E-state index contributed by atoms with van der Waals surface area (Å²) >= 11 is 0. The molecule has 0 saturated heterocycles. The third kappa shape index (κ3) is 8.65. The molecule has 0 bridgehead atoms. The van der Waals surface area contributed by atoms with Crippen LogP contribution in [0, 0.1) is 11.8 Å². The lowest BCUT2D eigenvalue weighted by atomic mass is 9.68. The summed E-state index contributed by atoms with van der Waals surface area (Å²) in [7, 11) is 2.43. The third-order valence-electron chi connectivity index (χ3n) is 6.70. The fourth-order valence-corrected chi connectivity index (χ4v) is 4.84. The summed E-state index contributed by atoms with van der Waals surface area (Å²) < 4.78 is 30.7. The summed E-state index contributed by atoms with van der Waals surface area (Å²) in [6, 6.07) is 11.6. The van der Waals surface area contributed by atoms with E-state index in [2.05, 4.69) is 0 Å². The van der Waals surface area contributed by atoms with Crippen LogP contribution in [0.2, 0.25) is 0 Å². The lowest BCUT2D eigenvalue weighted by Gasteiger charge is -2.35. The summed E-state index contributed by atoms with van der Waals surface area (Å²) in [5, 5.41) is 0. The van der Waals surface area contributed by atoms with Gasteiger partial charge in [-0.2, -0.15) is 0 Å². The Morgan fingerprint density at radius 1 is 0.477 bits per heavy atom. The second-order valence-corrected chi connectivity index (χ2v) is 9.24. The normalized spacial score (nSPS) is 12.1. The average molecular weight is 615 g/mol. The number of hydrogen-bond donors (Lipinski definition) is 0. The number of hydrogen-bond acceptors (Lipinski definition) is 12. The molecule has 0 heterocycles. The van der Waals surface area contributed by atoms with Gasteiger partial charge in [0.15, 0.2) is 11.8 Å². The van der Waals surface area contributed by atoms with Crippen molar-refractivity contribution in [2.24, 2.45) is 11.8 Å². The minimum atomic E-state index is -1.68. The first-order valence-electron chi connectivity index (χ1n) is 14.1. The number of esters is 6. The quantitative estimate of drug-likeness (QED) is 0.163. The largest absolute Gasteiger partial charge is 0.465 e. The van der Waals surface area contributed by atoms with Gasteiger partial charge in [-0.1, -0.05) is 24.3 Å². The maximum absolute atomic E-state index is 13.5. The molecule has 0 fully saturated rings. The van der Waals surface area contributed by atoms with E-state index in [1.54, 1.807) is 27.7 Å². The Morgan fingerprint density at radius 3 is 0.932 bits per heavy atom. The van der Waals surface area contributed by atoms with Crippen LogP contribution in [0.1, 0.15) is 71.4 Å². The van der Waals surface area contributed by atoms with E-state index in [0.29, 0.717) is 0 Å². The maximum atomic E-state index is 13.5. The molecular weight excluding hydrogens is 576 g/mol. The SMILES string of the molecule is CCOC(=O)C(C(=O)OCC)[C@@H](c1ccc(C(=O)OC)cc1)[C@H](c1ccc(C(=O)OC)cc1)C(C(=O)OCC)C(=O)OCC. The molecule has 2 atom stereocenters. The zero-order chi connectivity index (χ0) is 32.8. The van der Waals surface area contributed by atoms with Gasteiger partial charge in [0.1, 0.15) is 0 Å². The van der Waals surface area contributed by atoms with Gasteiger partial charge in [-0.15, -0.1) is 0 Å². The Morgan fingerprint density at radius 2 is 0.727 bits per heavy atom. The molecule has 0 spiro atoms. The summed E-state index contributed by atoms with van der Waals surface area (Å²) in [4.78, 5) is 78.5. The summed E-state index contributed by atoms with van der Waals surface area (Å²) in [5.41, 5.74) is 0.907. The second kappa shape index (κ2) is 17.4. The lowest BCUT2D eigenvalue weighted by Crippen LogP contribution is -2.42. The molecule has 0 radical (unpaired) electrons. The number of benzene rings is 2. The monoisotopic (exact) mass is 614 g/mol. The van der Waals surface area contributed by atoms with E-state index in [9.17, 15) is 28.8 Å². The third-order valence-corrected chi connectivity index (χ3v) is 6.70. The topological polar surface area (TPSA) is 158 Å². The van der Waals surface area contributed by atoms with E-state index in [4.69, 9.17) is 28.4 Å². The summed E-state index contributed by atoms with van der Waals surface area (Å²) in [6.07, 6.45) is 0. The van der Waals surface area contributed by atoms with Crippen molar-refractivity contribution in [2.45, 2.75) is 39.5 Å². The molecule has 0 aliphatic rings. The molecule has 44 heavy (non-hydrogen) atoms. The molecule has 12 heteroatoms. The van der Waals surface area contributed by atoms with Gasteiger partial charge < -0.3 is 28.4 Å². The van der Waals surface area contributed by atoms with Gasteiger partial charge in [0.25, 0.3) is 0 Å². The van der Waals surface area contributed by atoms with Crippen LogP contribution in [-0.2, 0) is 47.6 Å². The van der Waals surface area contributed by atoms with Crippen LogP contribution in [0.15, 0.2) is 48.5 Å². The zero-order valence-electron chi connectivity index (χ0n) is 25.7. The summed E-state index contributed by atoms with van der Waals surface area (Å²) in [5.74, 6) is -11.1. The smallest absolute Gasteiger partial charge is 0.337 e. The number of carbonyl (C=O) groups is 6. The van der Waals surface area contributed by atoms with Crippen molar-refractivity contribution in [1.29, 1.82) is 0 Å². The van der Waals surface area contributed by atoms with E-state index in [1.165, 1.54) is 62.8 Å². The van der Waals surface area contributed by atoms with Gasteiger partial charge in [-0.05, 0) is 63.1 Å². The number of rotatable bonds is 15. The Balaban J connectivity index is 3.03. The molecule has 0 amide bonds. The minimum Gasteiger partial charge on any atom is -0.465 e. The zero-order valence-corrected chi connectivity index (χ0v) is 25.7. The molecular formula is C32H38O12. The molecule has 0 unspecified atom stereocenters. The molecule has 0 aliphatic carbocycles. The van der Waals surface area contributed by atoms with Crippen LogP contribution in [0.25, 0.3) is 0 Å². The molecule has 0 saturated carbocycles. The van der Waals surface area contributed by atoms with Gasteiger partial charge in [-0.25, -0.2) is 9.59 Å². The van der Waals surface area contributed by atoms with Crippen molar-refractivity contribution in [3.8, 4) is 0 Å². The maximum Gasteiger partial charge on any atom is 0.337 e. The van der Waals surface area contributed by atoms with Crippen molar-refractivity contribution in [1.82, 2.24) is 0 Å². The van der Waals surface area contributed by atoms with Crippen LogP contribution in [0.4, 0.5) is 0 Å². The molecule has 2 rings (SSSR count). The van der Waals surface area contributed by atoms with Crippen LogP contribution in [-0.4, -0.2) is 76.5 Å². The number of ether oxygens (including phenoxy) is 6. The Kier molecular flexibility index (Phi) is 14.0. The van der Waals surface area contributed by atoms with Crippen LogP contribution < -0.4 is 0 Å². The molecule has 12 nitrogen and oxygen atoms in total. The molecule has 0 aromatic heterocycles. The van der Waals surface area contributed by atoms with E-state index in [1.807, 2.05) is 0 Å². The second-order valence-electron chi connectivity index (χ2n) is 9.24. The van der Waals surface area contributed by atoms with Crippen LogP contribution >= 0.6 is 0 Å². The van der Waals surface area contributed by atoms with Gasteiger partial charge in [0.2, 0.25) is 0 Å². The average Bonchev–Trinajstić information content (AvgIpc) is 3.02. The fourth-order valence-electron chi connectivity index (χ4n) is 4.84. The van der Waals surface area contributed by atoms with Crippen LogP contribution in [0.5, 0.6) is 0 Å². The highest BCUT2D eigenvalue weighted by Crippen LogP contribution is 2.45. The van der Waals surface area contributed by atoms with E-state index in [0.717, 1.165) is 0 Å². The number of carbonyl (C=O) groups excluding carboxylic acids is 6. The molecule has 0 aliphatic heterocycles. The first kappa shape index (κ1) is 35.5. The van der Waals surface area contributed by atoms with Gasteiger partial charge >= 0.3 is 35.8 Å². The highest BCUT2D eigenvalue weighted by molar-refractivity contribution is 5.99. The predicted octanol–water partition coefficient (Wildman–Crippen LogP) is 3.61. The van der Waals surface area contributed by atoms with E-state index >= 15 is 0 Å². The van der Waals surface area contributed by atoms with Gasteiger partial charge in [-0.3, -0.25) is 19.2 Å². The first-order chi connectivity index (χ1) is 21.1. The Bertz CT molecular complexity index is 1160. The van der Waals surface area contributed by atoms with Crippen molar-refractivity contribution < 1.29 is 57.2 Å². The van der Waals surface area contributed by atoms with E-state index in [-0.39, 0.29) is 48.7 Å². The summed E-state index contributed by atoms with van der Waals surface area (Å²) in [6.45, 7) is 5.90. The highest BCUT2D eigenvalue weighted by Gasteiger charge is 2.50. The standard InChI is InChI=1S/C32H38O12/c1-7-41-29(35)25(30(36)42-8-2)23(19-11-15-21(16-12-19)27(33)39-5)24(20-13-17-22(18-14-20)28(34)40-6)26(31(37)43-9-3)32(38)44-10-4/h11-18,23-26H,7-10H2,1-6H3/t23-,24-/m0/s1. The predicted molar refractivity (Wildman–Crippen MR) is 155 cm³/mol. The van der Waals surface area contributed by atoms with Crippen molar-refractivity contribution in [3.05, 3.63) is 70.8 Å². The van der Waals surface area contributed by atoms with Crippen molar-refractivity contribution in [3.63, 3.8) is 0 Å². The van der Waals surface area contributed by atoms with Crippen LogP contribution in [0.3, 0.4) is 0 Å². The molecule has 238 valence electrons. The van der Waals surface area contributed by atoms with Gasteiger partial charge in [0, 0.05) is 11.8 Å². The first-order valence-corrected chi connectivity index (χ1v) is 14.1. The highest BCUT2D eigenvalue weighted by atomic mass is 16.6. The van der Waals surface area contributed by atoms with Crippen molar-refractivity contribution >= 4 is 35.8 Å². The van der Waals surface area contributed by atoms with Gasteiger partial charge in [0.05, 0.1) is 51.8 Å². The molecule has 2 aromatic rings. The Labute approximate surface area is 255 Å². The lowest BCUT2D eigenvalue weighted by molar-refractivity contribution is -0.169. The molecule has 0 N–H and O–H groups in total. The molecule has 2 aromatic carbocycles. The Hall–Kier alpha value is -4.74. The number of methoxy groups -OCH3 is 2. The van der Waals surface area contributed by atoms with E-state index < -0.39 is 59.5 Å². The van der Waals surface area contributed by atoms with Crippen molar-refractivity contribution in [2.75, 3.05) is 40.6 Å². The minimum absolute atomic E-state index is 0.0829.